The average molecular weight is 326 g/mol. The highest BCUT2D eigenvalue weighted by molar-refractivity contribution is 7.99. The maximum absolute atomic E-state index is 5.99. The number of aromatic nitrogens is 2. The molecule has 0 fully saturated rings. The summed E-state index contributed by atoms with van der Waals surface area (Å²) in [7, 11) is 0. The summed E-state index contributed by atoms with van der Waals surface area (Å²) in [5.74, 6) is 1.22. The van der Waals surface area contributed by atoms with Crippen LogP contribution in [0.2, 0.25) is 5.02 Å². The van der Waals surface area contributed by atoms with E-state index in [1.807, 2.05) is 36.0 Å². The van der Waals surface area contributed by atoms with E-state index >= 15 is 0 Å². The van der Waals surface area contributed by atoms with Crippen LogP contribution >= 0.6 is 23.4 Å². The van der Waals surface area contributed by atoms with Gasteiger partial charge in [-0.3, -0.25) is 4.90 Å². The molecule has 2 aromatic rings. The first-order valence-electron chi connectivity index (χ1n) is 7.03. The van der Waals surface area contributed by atoms with Gasteiger partial charge in [-0.05, 0) is 31.4 Å². The van der Waals surface area contributed by atoms with E-state index in [9.17, 15) is 0 Å². The molecule has 1 heterocycles. The summed E-state index contributed by atoms with van der Waals surface area (Å²) in [6.07, 6.45) is 3.21. The Morgan fingerprint density at radius 2 is 2.19 bits per heavy atom. The van der Waals surface area contributed by atoms with Gasteiger partial charge in [-0.2, -0.15) is 4.98 Å². The standard InChI is InChI=1S/C15H20ClN3OS/c1-4-14(21-3)19(5-2)10-13-17-15(18-20-13)11-7-6-8-12(16)9-11/h6-9,14H,4-5,10H2,1-3H3. The molecule has 0 aliphatic heterocycles. The fraction of sp³-hybridized carbons (Fsp3) is 0.467. The first-order chi connectivity index (χ1) is 10.2. The SMILES string of the molecule is CCC(SC)N(CC)Cc1nc(-c2cccc(Cl)c2)no1. The highest BCUT2D eigenvalue weighted by Gasteiger charge is 2.18. The van der Waals surface area contributed by atoms with Gasteiger partial charge in [0.15, 0.2) is 0 Å². The van der Waals surface area contributed by atoms with Crippen molar-refractivity contribution >= 4 is 23.4 Å². The predicted molar refractivity (Wildman–Crippen MR) is 88.4 cm³/mol. The van der Waals surface area contributed by atoms with Crippen molar-refractivity contribution in [3.8, 4) is 11.4 Å². The van der Waals surface area contributed by atoms with E-state index in [0.717, 1.165) is 18.5 Å². The van der Waals surface area contributed by atoms with Crippen molar-refractivity contribution < 1.29 is 4.52 Å². The number of hydrogen-bond donors (Lipinski definition) is 0. The highest BCUT2D eigenvalue weighted by atomic mass is 35.5. The minimum Gasteiger partial charge on any atom is -0.338 e. The maximum Gasteiger partial charge on any atom is 0.241 e. The molecule has 6 heteroatoms. The summed E-state index contributed by atoms with van der Waals surface area (Å²) in [4.78, 5) is 6.81. The minimum atomic E-state index is 0.469. The molecule has 1 atom stereocenters. The molecular weight excluding hydrogens is 306 g/mol. The van der Waals surface area contributed by atoms with Crippen molar-refractivity contribution in [2.45, 2.75) is 32.2 Å². The number of halogens is 1. The number of rotatable bonds is 7. The molecule has 0 aliphatic rings. The van der Waals surface area contributed by atoms with Crippen LogP contribution in [-0.2, 0) is 6.54 Å². The monoisotopic (exact) mass is 325 g/mol. The molecule has 0 saturated carbocycles. The second kappa shape index (κ2) is 7.82. The quantitative estimate of drug-likeness (QED) is 0.709. The van der Waals surface area contributed by atoms with Gasteiger partial charge >= 0.3 is 0 Å². The molecule has 0 saturated heterocycles. The lowest BCUT2D eigenvalue weighted by Gasteiger charge is -2.26. The summed E-state index contributed by atoms with van der Waals surface area (Å²) in [6.45, 7) is 5.96. The van der Waals surface area contributed by atoms with Gasteiger partial charge in [0, 0.05) is 10.6 Å². The van der Waals surface area contributed by atoms with Gasteiger partial charge in [-0.15, -0.1) is 11.8 Å². The fourth-order valence-corrected chi connectivity index (χ4v) is 3.27. The Labute approximate surface area is 134 Å². The third kappa shape index (κ3) is 4.22. The van der Waals surface area contributed by atoms with E-state index in [4.69, 9.17) is 16.1 Å². The Balaban J connectivity index is 2.12. The van der Waals surface area contributed by atoms with Gasteiger partial charge in [0.1, 0.15) is 0 Å². The van der Waals surface area contributed by atoms with E-state index in [2.05, 4.69) is 35.1 Å². The van der Waals surface area contributed by atoms with Crippen molar-refractivity contribution in [2.24, 2.45) is 0 Å². The number of thioether (sulfide) groups is 1. The molecule has 0 N–H and O–H groups in total. The fourth-order valence-electron chi connectivity index (χ4n) is 2.23. The molecule has 0 amide bonds. The van der Waals surface area contributed by atoms with Crippen LogP contribution in [0, 0.1) is 0 Å². The Morgan fingerprint density at radius 3 is 2.81 bits per heavy atom. The van der Waals surface area contributed by atoms with Crippen molar-refractivity contribution in [3.63, 3.8) is 0 Å². The Morgan fingerprint density at radius 1 is 1.38 bits per heavy atom. The molecule has 21 heavy (non-hydrogen) atoms. The largest absolute Gasteiger partial charge is 0.338 e. The predicted octanol–water partition coefficient (Wildman–Crippen LogP) is 4.31. The zero-order chi connectivity index (χ0) is 15.2. The molecule has 0 bridgehead atoms. The second-order valence-electron chi connectivity index (χ2n) is 4.68. The normalized spacial score (nSPS) is 12.8. The third-order valence-corrected chi connectivity index (χ3v) is 4.73. The Hall–Kier alpha value is -1.04. The molecule has 1 aromatic carbocycles. The van der Waals surface area contributed by atoms with Crippen LogP contribution in [0.4, 0.5) is 0 Å². The van der Waals surface area contributed by atoms with Crippen LogP contribution in [0.3, 0.4) is 0 Å². The molecule has 4 nitrogen and oxygen atoms in total. The summed E-state index contributed by atoms with van der Waals surface area (Å²) >= 11 is 7.84. The first-order valence-corrected chi connectivity index (χ1v) is 8.69. The second-order valence-corrected chi connectivity index (χ2v) is 6.14. The zero-order valence-electron chi connectivity index (χ0n) is 12.5. The van der Waals surface area contributed by atoms with Gasteiger partial charge in [-0.1, -0.05) is 42.7 Å². The van der Waals surface area contributed by atoms with Crippen LogP contribution in [0.25, 0.3) is 11.4 Å². The lowest BCUT2D eigenvalue weighted by molar-refractivity contribution is 0.219. The molecule has 1 unspecified atom stereocenters. The minimum absolute atomic E-state index is 0.469. The van der Waals surface area contributed by atoms with Gasteiger partial charge < -0.3 is 4.52 Å². The summed E-state index contributed by atoms with van der Waals surface area (Å²) < 4.78 is 5.38. The van der Waals surface area contributed by atoms with Gasteiger partial charge in [0.25, 0.3) is 0 Å². The first kappa shape index (κ1) is 16.3. The molecule has 0 spiro atoms. The Bertz CT molecular complexity index is 572. The van der Waals surface area contributed by atoms with Crippen molar-refractivity contribution in [1.29, 1.82) is 0 Å². The van der Waals surface area contributed by atoms with E-state index < -0.39 is 0 Å². The van der Waals surface area contributed by atoms with Gasteiger partial charge in [0.2, 0.25) is 11.7 Å². The van der Waals surface area contributed by atoms with Crippen LogP contribution in [0.5, 0.6) is 0 Å². The lowest BCUT2D eigenvalue weighted by atomic mass is 10.2. The smallest absolute Gasteiger partial charge is 0.241 e. The van der Waals surface area contributed by atoms with Crippen molar-refractivity contribution in [2.75, 3.05) is 12.8 Å². The third-order valence-electron chi connectivity index (χ3n) is 3.32. The topological polar surface area (TPSA) is 42.2 Å². The number of benzene rings is 1. The van der Waals surface area contributed by atoms with E-state index in [-0.39, 0.29) is 0 Å². The Kier molecular flexibility index (Phi) is 6.08. The highest BCUT2D eigenvalue weighted by Crippen LogP contribution is 2.22. The number of nitrogens with zero attached hydrogens (tertiary/aromatic N) is 3. The van der Waals surface area contributed by atoms with Crippen LogP contribution in [0.1, 0.15) is 26.2 Å². The maximum atomic E-state index is 5.99. The molecule has 1 aromatic heterocycles. The summed E-state index contributed by atoms with van der Waals surface area (Å²) in [5.41, 5.74) is 0.873. The number of hydrogen-bond acceptors (Lipinski definition) is 5. The van der Waals surface area contributed by atoms with Crippen molar-refractivity contribution in [1.82, 2.24) is 15.0 Å². The van der Waals surface area contributed by atoms with Crippen molar-refractivity contribution in [3.05, 3.63) is 35.2 Å². The van der Waals surface area contributed by atoms with E-state index in [1.165, 1.54) is 0 Å². The van der Waals surface area contributed by atoms with Crippen LogP contribution in [-0.4, -0.2) is 33.2 Å². The summed E-state index contributed by atoms with van der Waals surface area (Å²) in [5, 5.41) is 5.19. The molecule has 2 rings (SSSR count). The van der Waals surface area contributed by atoms with Crippen LogP contribution in [0.15, 0.2) is 28.8 Å². The van der Waals surface area contributed by atoms with E-state index in [0.29, 0.717) is 28.7 Å². The van der Waals surface area contributed by atoms with E-state index in [1.54, 1.807) is 0 Å². The average Bonchev–Trinajstić information content (AvgIpc) is 2.96. The molecular formula is C15H20ClN3OS. The lowest BCUT2D eigenvalue weighted by Crippen LogP contribution is -2.31. The van der Waals surface area contributed by atoms with Crippen LogP contribution < -0.4 is 0 Å². The summed E-state index contributed by atoms with van der Waals surface area (Å²) in [6, 6.07) is 7.47. The molecule has 0 radical (unpaired) electrons. The van der Waals surface area contributed by atoms with Gasteiger partial charge in [-0.25, -0.2) is 0 Å². The zero-order valence-corrected chi connectivity index (χ0v) is 14.1. The molecule has 114 valence electrons. The van der Waals surface area contributed by atoms with Gasteiger partial charge in [0.05, 0.1) is 11.9 Å². The molecule has 0 aliphatic carbocycles.